The molecule has 128 valence electrons. The van der Waals surface area contributed by atoms with Crippen molar-refractivity contribution in [2.24, 2.45) is 0 Å². The summed E-state index contributed by atoms with van der Waals surface area (Å²) in [6.45, 7) is 6.63. The number of amides is 1. The number of nitrogens with zero attached hydrogens (tertiary/aromatic N) is 3. The maximum atomic E-state index is 13.2. The lowest BCUT2D eigenvalue weighted by atomic mass is 10.1. The Morgan fingerprint density at radius 1 is 1.46 bits per heavy atom. The molecule has 0 spiro atoms. The average Bonchev–Trinajstić information content (AvgIpc) is 2.91. The minimum absolute atomic E-state index is 0.165. The highest BCUT2D eigenvalue weighted by Crippen LogP contribution is 2.34. The van der Waals surface area contributed by atoms with Gasteiger partial charge in [0.05, 0.1) is 17.6 Å². The van der Waals surface area contributed by atoms with Crippen LogP contribution in [0.2, 0.25) is 0 Å². The van der Waals surface area contributed by atoms with Crippen molar-refractivity contribution in [1.82, 2.24) is 14.9 Å². The SMILES string of the molecule is CC(C)(C)OC(=O)N1CCc2sc(-c3ncc(F)c(N)n3)cc2C1. The van der Waals surface area contributed by atoms with E-state index < -0.39 is 11.4 Å². The van der Waals surface area contributed by atoms with Crippen LogP contribution in [0.15, 0.2) is 12.3 Å². The van der Waals surface area contributed by atoms with Crippen molar-refractivity contribution in [2.75, 3.05) is 12.3 Å². The van der Waals surface area contributed by atoms with E-state index in [9.17, 15) is 9.18 Å². The Morgan fingerprint density at radius 2 is 2.21 bits per heavy atom. The molecular formula is C16H19FN4O2S. The first kappa shape index (κ1) is 16.6. The van der Waals surface area contributed by atoms with E-state index in [2.05, 4.69) is 9.97 Å². The van der Waals surface area contributed by atoms with E-state index in [0.717, 1.165) is 23.1 Å². The number of hydrogen-bond acceptors (Lipinski definition) is 6. The van der Waals surface area contributed by atoms with Gasteiger partial charge in [-0.15, -0.1) is 11.3 Å². The van der Waals surface area contributed by atoms with Crippen molar-refractivity contribution in [2.45, 2.75) is 39.3 Å². The number of hydrogen-bond donors (Lipinski definition) is 1. The van der Waals surface area contributed by atoms with Crippen LogP contribution in [0.25, 0.3) is 10.7 Å². The van der Waals surface area contributed by atoms with Gasteiger partial charge in [-0.05, 0) is 38.8 Å². The summed E-state index contributed by atoms with van der Waals surface area (Å²) in [5.41, 5.74) is 6.03. The Kier molecular flexibility index (Phi) is 4.16. The van der Waals surface area contributed by atoms with Crippen molar-refractivity contribution in [3.05, 3.63) is 28.5 Å². The number of carbonyl (C=O) groups is 1. The van der Waals surface area contributed by atoms with Crippen LogP contribution >= 0.6 is 11.3 Å². The Bertz CT molecular complexity index is 785. The van der Waals surface area contributed by atoms with Gasteiger partial charge in [-0.1, -0.05) is 0 Å². The van der Waals surface area contributed by atoms with Gasteiger partial charge in [0.2, 0.25) is 0 Å². The fraction of sp³-hybridized carbons (Fsp3) is 0.438. The molecule has 2 aromatic heterocycles. The molecule has 1 aliphatic heterocycles. The minimum atomic E-state index is -0.629. The highest BCUT2D eigenvalue weighted by atomic mass is 32.1. The second-order valence-corrected chi connectivity index (χ2v) is 7.77. The summed E-state index contributed by atoms with van der Waals surface area (Å²) in [7, 11) is 0. The van der Waals surface area contributed by atoms with Crippen molar-refractivity contribution in [3.8, 4) is 10.7 Å². The number of nitrogens with two attached hydrogens (primary N) is 1. The maximum absolute atomic E-state index is 13.2. The molecule has 0 atom stereocenters. The van der Waals surface area contributed by atoms with Crippen molar-refractivity contribution in [3.63, 3.8) is 0 Å². The van der Waals surface area contributed by atoms with Crippen molar-refractivity contribution < 1.29 is 13.9 Å². The molecule has 1 aliphatic rings. The summed E-state index contributed by atoms with van der Waals surface area (Å²) in [6.07, 6.45) is 1.50. The van der Waals surface area contributed by atoms with Gasteiger partial charge < -0.3 is 15.4 Å². The Hall–Kier alpha value is -2.22. The third-order valence-corrected chi connectivity index (χ3v) is 4.74. The molecule has 3 rings (SSSR count). The number of anilines is 1. The number of ether oxygens (including phenoxy) is 1. The van der Waals surface area contributed by atoms with Gasteiger partial charge in [0.25, 0.3) is 0 Å². The van der Waals surface area contributed by atoms with E-state index in [-0.39, 0.29) is 11.9 Å². The van der Waals surface area contributed by atoms with E-state index in [0.29, 0.717) is 18.9 Å². The van der Waals surface area contributed by atoms with Crippen LogP contribution in [-0.2, 0) is 17.7 Å². The minimum Gasteiger partial charge on any atom is -0.444 e. The summed E-state index contributed by atoms with van der Waals surface area (Å²) in [4.78, 5) is 23.9. The first-order valence-corrected chi connectivity index (χ1v) is 8.42. The first-order valence-electron chi connectivity index (χ1n) is 7.61. The standard InChI is InChI=1S/C16H19FN4O2S/c1-16(2,3)23-15(22)21-5-4-11-9(8-21)6-12(24-11)14-19-7-10(17)13(18)20-14/h6-7H,4-5,8H2,1-3H3,(H2,18,19,20). The zero-order valence-corrected chi connectivity index (χ0v) is 14.6. The quantitative estimate of drug-likeness (QED) is 0.854. The summed E-state index contributed by atoms with van der Waals surface area (Å²) in [5.74, 6) is -0.393. The van der Waals surface area contributed by atoms with E-state index >= 15 is 0 Å². The molecule has 0 unspecified atom stereocenters. The number of halogens is 1. The number of aromatic nitrogens is 2. The fourth-order valence-electron chi connectivity index (χ4n) is 2.42. The molecule has 0 aromatic carbocycles. The van der Waals surface area contributed by atoms with Crippen LogP contribution in [0, 0.1) is 5.82 Å². The van der Waals surface area contributed by atoms with Crippen LogP contribution in [-0.4, -0.2) is 33.1 Å². The van der Waals surface area contributed by atoms with Crippen LogP contribution < -0.4 is 5.73 Å². The van der Waals surface area contributed by atoms with Gasteiger partial charge in [-0.25, -0.2) is 19.2 Å². The monoisotopic (exact) mass is 350 g/mol. The second kappa shape index (κ2) is 6.01. The Balaban J connectivity index is 1.79. The van der Waals surface area contributed by atoms with E-state index in [4.69, 9.17) is 10.5 Å². The summed E-state index contributed by atoms with van der Waals surface area (Å²) in [6, 6.07) is 1.93. The fourth-order valence-corrected chi connectivity index (χ4v) is 3.53. The lowest BCUT2D eigenvalue weighted by Crippen LogP contribution is -2.39. The van der Waals surface area contributed by atoms with Gasteiger partial charge in [0, 0.05) is 11.4 Å². The van der Waals surface area contributed by atoms with Gasteiger partial charge in [0.15, 0.2) is 17.5 Å². The Labute approximate surface area is 143 Å². The molecule has 24 heavy (non-hydrogen) atoms. The molecule has 0 saturated heterocycles. The van der Waals surface area contributed by atoms with Gasteiger partial charge in [-0.2, -0.15) is 0 Å². The molecule has 0 aliphatic carbocycles. The van der Waals surface area contributed by atoms with Crippen molar-refractivity contribution in [1.29, 1.82) is 0 Å². The molecule has 0 saturated carbocycles. The van der Waals surface area contributed by atoms with Gasteiger partial charge >= 0.3 is 6.09 Å². The topological polar surface area (TPSA) is 81.3 Å². The molecule has 2 aromatic rings. The molecule has 0 radical (unpaired) electrons. The number of fused-ring (bicyclic) bond motifs is 1. The summed E-state index contributed by atoms with van der Waals surface area (Å²) in [5, 5.41) is 0. The van der Waals surface area contributed by atoms with E-state index in [1.165, 1.54) is 4.88 Å². The van der Waals surface area contributed by atoms with Crippen LogP contribution in [0.1, 0.15) is 31.2 Å². The predicted octanol–water partition coefficient (Wildman–Crippen LogP) is 3.22. The first-order chi connectivity index (χ1) is 11.2. The molecule has 1 amide bonds. The average molecular weight is 350 g/mol. The lowest BCUT2D eigenvalue weighted by Gasteiger charge is -2.29. The second-order valence-electron chi connectivity index (χ2n) is 6.64. The highest BCUT2D eigenvalue weighted by Gasteiger charge is 2.27. The zero-order valence-electron chi connectivity index (χ0n) is 13.8. The van der Waals surface area contributed by atoms with E-state index in [1.807, 2.05) is 26.8 Å². The third-order valence-electron chi connectivity index (χ3n) is 3.51. The highest BCUT2D eigenvalue weighted by molar-refractivity contribution is 7.15. The van der Waals surface area contributed by atoms with Crippen LogP contribution in [0.4, 0.5) is 15.0 Å². The smallest absolute Gasteiger partial charge is 0.410 e. The Morgan fingerprint density at radius 3 is 2.88 bits per heavy atom. The molecule has 0 fully saturated rings. The zero-order chi connectivity index (χ0) is 17.5. The molecular weight excluding hydrogens is 331 g/mol. The summed E-state index contributed by atoms with van der Waals surface area (Å²) < 4.78 is 18.6. The number of carbonyl (C=O) groups excluding carboxylic acids is 1. The molecule has 6 nitrogen and oxygen atoms in total. The molecule has 8 heteroatoms. The summed E-state index contributed by atoms with van der Waals surface area (Å²) >= 11 is 1.55. The number of rotatable bonds is 1. The third kappa shape index (κ3) is 3.48. The van der Waals surface area contributed by atoms with E-state index in [1.54, 1.807) is 16.2 Å². The van der Waals surface area contributed by atoms with Crippen LogP contribution in [0.3, 0.4) is 0 Å². The molecule has 0 bridgehead atoms. The normalized spacial score (nSPS) is 14.4. The lowest BCUT2D eigenvalue weighted by molar-refractivity contribution is 0.0225. The van der Waals surface area contributed by atoms with Gasteiger partial charge in [0.1, 0.15) is 5.60 Å². The van der Waals surface area contributed by atoms with Crippen molar-refractivity contribution >= 4 is 23.2 Å². The number of thiophene rings is 1. The predicted molar refractivity (Wildman–Crippen MR) is 90.1 cm³/mol. The number of nitrogen functional groups attached to an aromatic ring is 1. The molecule has 3 heterocycles. The van der Waals surface area contributed by atoms with Crippen LogP contribution in [0.5, 0.6) is 0 Å². The maximum Gasteiger partial charge on any atom is 0.410 e. The van der Waals surface area contributed by atoms with Gasteiger partial charge in [-0.3, -0.25) is 0 Å². The molecule has 2 N–H and O–H groups in total. The largest absolute Gasteiger partial charge is 0.444 e.